The van der Waals surface area contributed by atoms with Crippen LogP contribution in [0, 0.1) is 0 Å². The Balaban J connectivity index is 1.35. The SMILES string of the molecule is CCSc1ccc(C(CO)NC(=O)c2ccc3c(c2)cc(Cc2ccc4c(c2)OC(F)(F)O4)n3CC)nc1. The zero-order valence-electron chi connectivity index (χ0n) is 20.9. The second-order valence-electron chi connectivity index (χ2n) is 8.84. The number of carbonyl (C=O) groups is 1. The van der Waals surface area contributed by atoms with E-state index in [1.54, 1.807) is 36.2 Å². The van der Waals surface area contributed by atoms with E-state index in [1.807, 2.05) is 37.3 Å². The summed E-state index contributed by atoms with van der Waals surface area (Å²) in [4.78, 5) is 18.5. The van der Waals surface area contributed by atoms with Crippen LogP contribution in [0.15, 0.2) is 65.7 Å². The van der Waals surface area contributed by atoms with E-state index in [9.17, 15) is 18.7 Å². The molecule has 1 aliphatic heterocycles. The summed E-state index contributed by atoms with van der Waals surface area (Å²) in [5.74, 6) is 0.637. The van der Waals surface area contributed by atoms with Gasteiger partial charge in [-0.1, -0.05) is 13.0 Å². The van der Waals surface area contributed by atoms with Gasteiger partial charge in [-0.05, 0) is 66.8 Å². The van der Waals surface area contributed by atoms with Gasteiger partial charge in [-0.2, -0.15) is 0 Å². The van der Waals surface area contributed by atoms with E-state index in [1.165, 1.54) is 6.07 Å². The van der Waals surface area contributed by atoms with E-state index in [4.69, 9.17) is 0 Å². The largest absolute Gasteiger partial charge is 0.586 e. The zero-order valence-corrected chi connectivity index (χ0v) is 21.7. The highest BCUT2D eigenvalue weighted by Crippen LogP contribution is 2.41. The van der Waals surface area contributed by atoms with Crippen molar-refractivity contribution < 1.29 is 28.2 Å². The first kappa shape index (κ1) is 26.0. The number of ether oxygens (including phenoxy) is 2. The number of aromatic nitrogens is 2. The normalized spacial score (nSPS) is 14.6. The second kappa shape index (κ2) is 10.6. The first-order valence-electron chi connectivity index (χ1n) is 12.3. The Morgan fingerprint density at radius 3 is 2.63 bits per heavy atom. The van der Waals surface area contributed by atoms with Crippen molar-refractivity contribution >= 4 is 28.6 Å². The van der Waals surface area contributed by atoms with Crippen molar-refractivity contribution in [1.29, 1.82) is 0 Å². The molecule has 0 saturated heterocycles. The Labute approximate surface area is 222 Å². The third kappa shape index (κ3) is 5.32. The number of halogens is 2. The van der Waals surface area contributed by atoms with Crippen LogP contribution < -0.4 is 14.8 Å². The molecule has 1 amide bonds. The van der Waals surface area contributed by atoms with Gasteiger partial charge in [0.15, 0.2) is 11.5 Å². The number of pyridine rings is 1. The molecule has 0 radical (unpaired) electrons. The minimum atomic E-state index is -3.65. The number of rotatable bonds is 9. The number of carbonyl (C=O) groups excluding carboxylic acids is 1. The Morgan fingerprint density at radius 1 is 1.11 bits per heavy atom. The van der Waals surface area contributed by atoms with Crippen molar-refractivity contribution in [3.8, 4) is 11.5 Å². The predicted octanol–water partition coefficient (Wildman–Crippen LogP) is 5.54. The third-order valence-electron chi connectivity index (χ3n) is 6.33. The molecule has 2 aromatic heterocycles. The molecule has 2 N–H and O–H groups in total. The van der Waals surface area contributed by atoms with Crippen molar-refractivity contribution in [2.24, 2.45) is 0 Å². The summed E-state index contributed by atoms with van der Waals surface area (Å²) in [6.07, 6.45) is -1.43. The average molecular weight is 540 g/mol. The molecule has 0 aliphatic carbocycles. The molecule has 1 atom stereocenters. The number of hydrogen-bond donors (Lipinski definition) is 2. The number of fused-ring (bicyclic) bond motifs is 2. The van der Waals surface area contributed by atoms with Gasteiger partial charge < -0.3 is 24.5 Å². The van der Waals surface area contributed by atoms with Crippen LogP contribution in [0.1, 0.15) is 47.2 Å². The molecule has 7 nitrogen and oxygen atoms in total. The molecule has 0 spiro atoms. The summed E-state index contributed by atoms with van der Waals surface area (Å²) >= 11 is 1.67. The number of hydrogen-bond acceptors (Lipinski definition) is 6. The summed E-state index contributed by atoms with van der Waals surface area (Å²) in [5.41, 5.74) is 3.76. The van der Waals surface area contributed by atoms with Crippen LogP contribution in [0.2, 0.25) is 0 Å². The van der Waals surface area contributed by atoms with Gasteiger partial charge in [0.1, 0.15) is 0 Å². The summed E-state index contributed by atoms with van der Waals surface area (Å²) in [6.45, 7) is 4.49. The van der Waals surface area contributed by atoms with E-state index in [-0.39, 0.29) is 24.0 Å². The van der Waals surface area contributed by atoms with Crippen LogP contribution in [0.5, 0.6) is 11.5 Å². The van der Waals surface area contributed by atoms with Gasteiger partial charge in [-0.3, -0.25) is 9.78 Å². The van der Waals surface area contributed by atoms with Gasteiger partial charge in [0.05, 0.1) is 18.3 Å². The van der Waals surface area contributed by atoms with E-state index in [0.717, 1.165) is 32.8 Å². The molecule has 10 heteroatoms. The van der Waals surface area contributed by atoms with Crippen LogP contribution in [-0.4, -0.2) is 39.2 Å². The lowest BCUT2D eigenvalue weighted by atomic mass is 10.1. The number of nitrogens with one attached hydrogen (secondary N) is 1. The monoisotopic (exact) mass is 539 g/mol. The number of benzene rings is 2. The molecular weight excluding hydrogens is 512 g/mol. The molecule has 1 aliphatic rings. The fraction of sp³-hybridized carbons (Fsp3) is 0.286. The molecule has 0 bridgehead atoms. The predicted molar refractivity (Wildman–Crippen MR) is 141 cm³/mol. The number of aliphatic hydroxyl groups is 1. The van der Waals surface area contributed by atoms with Crippen LogP contribution in [-0.2, 0) is 13.0 Å². The standard InChI is InChI=1S/C28H27F2N3O4S/c1-3-33-20(11-17-5-10-25-26(12-17)37-28(29,30)36-25)14-19-13-18(6-9-24(19)33)27(35)32-23(16-34)22-8-7-21(15-31-22)38-4-2/h5-10,12-15,23,34H,3-4,11,16H2,1-2H3,(H,32,35). The molecule has 3 heterocycles. The summed E-state index contributed by atoms with van der Waals surface area (Å²) in [6, 6.07) is 15.3. The van der Waals surface area contributed by atoms with E-state index >= 15 is 0 Å². The number of alkyl halides is 2. The highest BCUT2D eigenvalue weighted by atomic mass is 32.2. The maximum absolute atomic E-state index is 13.4. The highest BCUT2D eigenvalue weighted by molar-refractivity contribution is 7.99. The van der Waals surface area contributed by atoms with Crippen molar-refractivity contribution in [3.63, 3.8) is 0 Å². The molecule has 38 heavy (non-hydrogen) atoms. The van der Waals surface area contributed by atoms with Gasteiger partial charge in [-0.15, -0.1) is 20.5 Å². The Hall–Kier alpha value is -3.63. The maximum Gasteiger partial charge on any atom is 0.586 e. The number of aryl methyl sites for hydroxylation is 1. The molecule has 4 aromatic rings. The lowest BCUT2D eigenvalue weighted by molar-refractivity contribution is -0.286. The lowest BCUT2D eigenvalue weighted by Gasteiger charge is -2.16. The topological polar surface area (TPSA) is 85.6 Å². The van der Waals surface area contributed by atoms with Crippen LogP contribution >= 0.6 is 11.8 Å². The highest BCUT2D eigenvalue weighted by Gasteiger charge is 2.43. The van der Waals surface area contributed by atoms with Crippen LogP contribution in [0.4, 0.5) is 8.78 Å². The molecule has 0 saturated carbocycles. The van der Waals surface area contributed by atoms with Crippen molar-refractivity contribution in [2.45, 2.75) is 44.0 Å². The Morgan fingerprint density at radius 2 is 1.92 bits per heavy atom. The Kier molecular flexibility index (Phi) is 7.27. The summed E-state index contributed by atoms with van der Waals surface area (Å²) in [7, 11) is 0. The van der Waals surface area contributed by atoms with Crippen molar-refractivity contribution in [1.82, 2.24) is 14.9 Å². The number of thioether (sulfide) groups is 1. The van der Waals surface area contributed by atoms with E-state index < -0.39 is 12.3 Å². The average Bonchev–Trinajstić information content (AvgIpc) is 3.41. The maximum atomic E-state index is 13.4. The van der Waals surface area contributed by atoms with Crippen molar-refractivity contribution in [3.05, 3.63) is 83.3 Å². The summed E-state index contributed by atoms with van der Waals surface area (Å²) in [5, 5.41) is 13.6. The second-order valence-corrected chi connectivity index (χ2v) is 10.2. The minimum Gasteiger partial charge on any atom is -0.395 e. The molecule has 1 unspecified atom stereocenters. The van der Waals surface area contributed by atoms with E-state index in [0.29, 0.717) is 24.2 Å². The zero-order chi connectivity index (χ0) is 26.9. The number of aliphatic hydroxyl groups excluding tert-OH is 1. The van der Waals surface area contributed by atoms with Gasteiger partial charge in [-0.25, -0.2) is 0 Å². The van der Waals surface area contributed by atoms with E-state index in [2.05, 4.69) is 31.3 Å². The molecule has 0 fully saturated rings. The number of nitrogens with zero attached hydrogens (tertiary/aromatic N) is 2. The van der Waals surface area contributed by atoms with Gasteiger partial charge in [0.2, 0.25) is 0 Å². The molecular formula is C28H27F2N3O4S. The minimum absolute atomic E-state index is 0.0114. The fourth-order valence-corrected chi connectivity index (χ4v) is 5.23. The van der Waals surface area contributed by atoms with Crippen LogP contribution in [0.3, 0.4) is 0 Å². The van der Waals surface area contributed by atoms with Gasteiger partial charge in [0, 0.05) is 46.2 Å². The summed E-state index contributed by atoms with van der Waals surface area (Å²) < 4.78 is 38.0. The van der Waals surface area contributed by atoms with Crippen molar-refractivity contribution in [2.75, 3.05) is 12.4 Å². The molecule has 5 rings (SSSR count). The smallest absolute Gasteiger partial charge is 0.395 e. The molecule has 2 aromatic carbocycles. The van der Waals surface area contributed by atoms with Gasteiger partial charge >= 0.3 is 6.29 Å². The Bertz CT molecular complexity index is 1470. The van der Waals surface area contributed by atoms with Crippen LogP contribution in [0.25, 0.3) is 10.9 Å². The third-order valence-corrected chi connectivity index (χ3v) is 7.20. The van der Waals surface area contributed by atoms with Gasteiger partial charge in [0.25, 0.3) is 5.91 Å². The lowest BCUT2D eigenvalue weighted by Crippen LogP contribution is -2.31. The fourth-order valence-electron chi connectivity index (χ4n) is 4.61. The first-order valence-corrected chi connectivity index (χ1v) is 13.3. The number of amides is 1. The quantitative estimate of drug-likeness (QED) is 0.272. The molecule has 198 valence electrons. The first-order chi connectivity index (χ1) is 18.3.